The second kappa shape index (κ2) is 2.43. The zero-order chi connectivity index (χ0) is 7.61. The van der Waals surface area contributed by atoms with E-state index in [1.54, 1.807) is 0 Å². The molecule has 0 radical (unpaired) electrons. The highest BCUT2D eigenvalue weighted by Crippen LogP contribution is 2.38. The molecular weight excluding hydrogens is 126 g/mol. The van der Waals surface area contributed by atoms with Gasteiger partial charge in [0.2, 0.25) is 0 Å². The Morgan fingerprint density at radius 1 is 1.50 bits per heavy atom. The Bertz CT molecular complexity index is 193. The van der Waals surface area contributed by atoms with Crippen LogP contribution >= 0.6 is 0 Å². The van der Waals surface area contributed by atoms with E-state index >= 15 is 0 Å². The third-order valence-corrected chi connectivity index (χ3v) is 1.94. The lowest BCUT2D eigenvalue weighted by molar-refractivity contribution is -0.103. The normalized spacial score (nSPS) is 19.5. The molecule has 0 bridgehead atoms. The lowest BCUT2D eigenvalue weighted by Gasteiger charge is -2.16. The summed E-state index contributed by atoms with van der Waals surface area (Å²) in [5, 5.41) is 0. The summed E-state index contributed by atoms with van der Waals surface area (Å²) in [4.78, 5) is 12.0. The molecule has 0 aromatic carbocycles. The molecular formula is C8H11NO. The van der Waals surface area contributed by atoms with Gasteiger partial charge in [0.15, 0.2) is 6.29 Å². The van der Waals surface area contributed by atoms with E-state index in [9.17, 15) is 4.79 Å². The van der Waals surface area contributed by atoms with Gasteiger partial charge in [0.05, 0.1) is 5.54 Å². The van der Waals surface area contributed by atoms with Crippen molar-refractivity contribution >= 4 is 6.29 Å². The van der Waals surface area contributed by atoms with Crippen molar-refractivity contribution in [2.75, 3.05) is 14.1 Å². The Balaban J connectivity index is 2.61. The molecule has 2 heteroatoms. The Morgan fingerprint density at radius 3 is 2.40 bits per heavy atom. The van der Waals surface area contributed by atoms with Crippen LogP contribution in [-0.2, 0) is 4.79 Å². The molecule has 1 aliphatic carbocycles. The first kappa shape index (κ1) is 7.30. The van der Waals surface area contributed by atoms with Gasteiger partial charge >= 0.3 is 0 Å². The van der Waals surface area contributed by atoms with Crippen LogP contribution in [0.25, 0.3) is 0 Å². The maximum absolute atomic E-state index is 9.91. The minimum atomic E-state index is 0.0426. The molecule has 54 valence electrons. The van der Waals surface area contributed by atoms with Gasteiger partial charge in [-0.1, -0.05) is 5.92 Å². The van der Waals surface area contributed by atoms with Crippen LogP contribution < -0.4 is 0 Å². The van der Waals surface area contributed by atoms with Crippen molar-refractivity contribution in [2.45, 2.75) is 18.4 Å². The molecule has 0 amide bonds. The van der Waals surface area contributed by atoms with Crippen molar-refractivity contribution < 1.29 is 4.79 Å². The molecule has 1 saturated carbocycles. The second-order valence-corrected chi connectivity index (χ2v) is 2.81. The lowest BCUT2D eigenvalue weighted by Crippen LogP contribution is -2.28. The maximum atomic E-state index is 9.91. The fraction of sp³-hybridized carbons (Fsp3) is 0.625. The molecule has 10 heavy (non-hydrogen) atoms. The standard InChI is InChI=1S/C8H11NO/c1-9(2)8(5-6-8)4-3-7-10/h7H,5-6H2,1-2H3. The largest absolute Gasteiger partial charge is 0.293 e. The first-order valence-corrected chi connectivity index (χ1v) is 3.35. The molecule has 0 aliphatic heterocycles. The molecule has 1 fully saturated rings. The van der Waals surface area contributed by atoms with E-state index < -0.39 is 0 Å². The molecule has 0 N–H and O–H groups in total. The Hall–Kier alpha value is -0.810. The summed E-state index contributed by atoms with van der Waals surface area (Å²) in [6.45, 7) is 0. The second-order valence-electron chi connectivity index (χ2n) is 2.81. The van der Waals surface area contributed by atoms with E-state index in [0.717, 1.165) is 12.8 Å². The third-order valence-electron chi connectivity index (χ3n) is 1.94. The first-order valence-electron chi connectivity index (χ1n) is 3.35. The number of hydrogen-bond donors (Lipinski definition) is 0. The number of carbonyl (C=O) groups excluding carboxylic acids is 1. The fourth-order valence-electron chi connectivity index (χ4n) is 0.966. The van der Waals surface area contributed by atoms with Gasteiger partial charge in [0.1, 0.15) is 0 Å². The number of nitrogens with zero attached hydrogens (tertiary/aromatic N) is 1. The Labute approximate surface area is 61.2 Å². The Kier molecular flexibility index (Phi) is 1.78. The number of carbonyl (C=O) groups is 1. The zero-order valence-electron chi connectivity index (χ0n) is 6.35. The van der Waals surface area contributed by atoms with Crippen LogP contribution in [0, 0.1) is 11.8 Å². The molecule has 0 heterocycles. The minimum Gasteiger partial charge on any atom is -0.293 e. The van der Waals surface area contributed by atoms with Gasteiger partial charge in [-0.15, -0.1) is 0 Å². The van der Waals surface area contributed by atoms with Crippen molar-refractivity contribution in [1.29, 1.82) is 0 Å². The molecule has 0 spiro atoms. The molecule has 1 aliphatic rings. The SMILES string of the molecule is CN(C)C1(C#CC=O)CC1. The Morgan fingerprint density at radius 2 is 2.10 bits per heavy atom. The summed E-state index contributed by atoms with van der Waals surface area (Å²) in [6.07, 6.45) is 2.85. The predicted octanol–water partition coefficient (Wildman–Crippen LogP) is 0.283. The van der Waals surface area contributed by atoms with Gasteiger partial charge in [-0.05, 0) is 32.9 Å². The molecule has 1 rings (SSSR count). The minimum absolute atomic E-state index is 0.0426. The van der Waals surface area contributed by atoms with Crippen LogP contribution in [0.4, 0.5) is 0 Å². The van der Waals surface area contributed by atoms with Crippen molar-refractivity contribution in [3.05, 3.63) is 0 Å². The monoisotopic (exact) mass is 137 g/mol. The number of hydrogen-bond acceptors (Lipinski definition) is 2. The van der Waals surface area contributed by atoms with Crippen LogP contribution in [0.2, 0.25) is 0 Å². The maximum Gasteiger partial charge on any atom is 0.192 e. The highest BCUT2D eigenvalue weighted by Gasteiger charge is 2.43. The van der Waals surface area contributed by atoms with Gasteiger partial charge in [-0.3, -0.25) is 9.69 Å². The van der Waals surface area contributed by atoms with Gasteiger partial charge in [-0.25, -0.2) is 0 Å². The van der Waals surface area contributed by atoms with Crippen LogP contribution in [0.15, 0.2) is 0 Å². The summed E-state index contributed by atoms with van der Waals surface area (Å²) in [5.74, 6) is 5.39. The van der Waals surface area contributed by atoms with Crippen molar-refractivity contribution in [3.8, 4) is 11.8 Å². The van der Waals surface area contributed by atoms with Crippen LogP contribution in [0.3, 0.4) is 0 Å². The molecule has 2 nitrogen and oxygen atoms in total. The van der Waals surface area contributed by atoms with Gasteiger partial charge in [0, 0.05) is 0 Å². The van der Waals surface area contributed by atoms with Crippen LogP contribution in [0.1, 0.15) is 12.8 Å². The highest BCUT2D eigenvalue weighted by atomic mass is 16.1. The van der Waals surface area contributed by atoms with Gasteiger partial charge < -0.3 is 0 Å². The van der Waals surface area contributed by atoms with E-state index in [-0.39, 0.29) is 5.54 Å². The highest BCUT2D eigenvalue weighted by molar-refractivity contribution is 5.73. The molecule has 0 atom stereocenters. The quantitative estimate of drug-likeness (QED) is 0.382. The zero-order valence-corrected chi connectivity index (χ0v) is 6.35. The van der Waals surface area contributed by atoms with E-state index in [1.807, 2.05) is 14.1 Å². The number of aldehydes is 1. The molecule has 0 saturated heterocycles. The van der Waals surface area contributed by atoms with E-state index in [4.69, 9.17) is 0 Å². The molecule has 0 unspecified atom stereocenters. The smallest absolute Gasteiger partial charge is 0.192 e. The third kappa shape index (κ3) is 1.19. The van der Waals surface area contributed by atoms with Crippen molar-refractivity contribution in [2.24, 2.45) is 0 Å². The van der Waals surface area contributed by atoms with E-state index in [2.05, 4.69) is 16.7 Å². The number of rotatable bonds is 1. The summed E-state index contributed by atoms with van der Waals surface area (Å²) in [7, 11) is 3.99. The summed E-state index contributed by atoms with van der Waals surface area (Å²) >= 11 is 0. The van der Waals surface area contributed by atoms with E-state index in [1.165, 1.54) is 0 Å². The van der Waals surface area contributed by atoms with Crippen molar-refractivity contribution in [3.63, 3.8) is 0 Å². The fourth-order valence-corrected chi connectivity index (χ4v) is 0.966. The van der Waals surface area contributed by atoms with Gasteiger partial charge in [0.25, 0.3) is 0 Å². The molecule has 0 aromatic heterocycles. The average molecular weight is 137 g/mol. The van der Waals surface area contributed by atoms with E-state index in [0.29, 0.717) is 6.29 Å². The van der Waals surface area contributed by atoms with Crippen LogP contribution in [-0.4, -0.2) is 30.8 Å². The average Bonchev–Trinajstić information content (AvgIpc) is 2.64. The predicted molar refractivity (Wildman–Crippen MR) is 39.5 cm³/mol. The molecule has 0 aromatic rings. The summed E-state index contributed by atoms with van der Waals surface area (Å²) < 4.78 is 0. The lowest BCUT2D eigenvalue weighted by atomic mass is 10.2. The summed E-state index contributed by atoms with van der Waals surface area (Å²) in [5.41, 5.74) is 0.0426. The summed E-state index contributed by atoms with van der Waals surface area (Å²) in [6, 6.07) is 0. The van der Waals surface area contributed by atoms with Crippen LogP contribution in [0.5, 0.6) is 0 Å². The van der Waals surface area contributed by atoms with Gasteiger partial charge in [-0.2, -0.15) is 0 Å². The topological polar surface area (TPSA) is 20.3 Å². The van der Waals surface area contributed by atoms with Crippen molar-refractivity contribution in [1.82, 2.24) is 4.90 Å². The first-order chi connectivity index (χ1) is 4.71.